The predicted octanol–water partition coefficient (Wildman–Crippen LogP) is 4.05. The van der Waals surface area contributed by atoms with Crippen LogP contribution in [0.3, 0.4) is 0 Å². The number of carbonyl (C=O) groups excluding carboxylic acids is 2. The van der Waals surface area contributed by atoms with Crippen molar-refractivity contribution in [1.29, 1.82) is 0 Å². The summed E-state index contributed by atoms with van der Waals surface area (Å²) in [6.45, 7) is 2.04. The topological polar surface area (TPSA) is 73.2 Å². The number of halogens is 1. The van der Waals surface area contributed by atoms with E-state index in [0.717, 1.165) is 16.8 Å². The molecule has 1 N–H and O–H groups in total. The van der Waals surface area contributed by atoms with Crippen molar-refractivity contribution in [2.45, 2.75) is 6.92 Å². The zero-order chi connectivity index (χ0) is 20.8. The summed E-state index contributed by atoms with van der Waals surface area (Å²) < 4.78 is 19.8. The summed E-state index contributed by atoms with van der Waals surface area (Å²) >= 11 is 0. The van der Waals surface area contributed by atoms with E-state index >= 15 is 0 Å². The van der Waals surface area contributed by atoms with Crippen molar-refractivity contribution in [3.63, 3.8) is 0 Å². The van der Waals surface area contributed by atoms with Crippen LogP contribution in [0.4, 0.5) is 10.1 Å². The van der Waals surface area contributed by atoms with E-state index in [1.165, 1.54) is 18.2 Å². The Hall–Kier alpha value is -3.74. The minimum absolute atomic E-state index is 0.302. The van der Waals surface area contributed by atoms with E-state index in [-0.39, 0.29) is 11.7 Å². The van der Waals surface area contributed by atoms with Crippen molar-refractivity contribution < 1.29 is 18.7 Å². The normalized spacial score (nSPS) is 10.9. The lowest BCUT2D eigenvalue weighted by Gasteiger charge is -2.05. The number of aromatic nitrogens is 2. The molecule has 7 heteroatoms. The molecule has 0 atom stereocenters. The Labute approximate surface area is 167 Å². The Balaban J connectivity index is 1.70. The van der Waals surface area contributed by atoms with E-state index in [0.29, 0.717) is 17.9 Å². The van der Waals surface area contributed by atoms with E-state index in [1.807, 2.05) is 0 Å². The third-order valence-corrected chi connectivity index (χ3v) is 4.16. The Morgan fingerprint density at radius 1 is 1.14 bits per heavy atom. The summed E-state index contributed by atoms with van der Waals surface area (Å²) in [4.78, 5) is 23.9. The summed E-state index contributed by atoms with van der Waals surface area (Å²) in [5.41, 5.74) is 3.26. The van der Waals surface area contributed by atoms with Crippen LogP contribution >= 0.6 is 0 Å². The molecule has 1 amide bonds. The number of nitrogens with zero attached hydrogens (tertiary/aromatic N) is 2. The van der Waals surface area contributed by atoms with Gasteiger partial charge in [-0.15, -0.1) is 0 Å². The maximum absolute atomic E-state index is 13.2. The zero-order valence-corrected chi connectivity index (χ0v) is 16.1. The number of carbonyl (C=O) groups is 2. The molecule has 148 valence electrons. The minimum atomic E-state index is -0.407. The molecule has 0 aliphatic heterocycles. The number of amides is 1. The van der Waals surface area contributed by atoms with Gasteiger partial charge in [-0.25, -0.2) is 9.18 Å². The number of ether oxygens (including phenoxy) is 1. The summed E-state index contributed by atoms with van der Waals surface area (Å²) in [6.07, 6.45) is 4.67. The zero-order valence-electron chi connectivity index (χ0n) is 16.1. The van der Waals surface area contributed by atoms with Gasteiger partial charge in [-0.3, -0.25) is 9.48 Å². The molecule has 0 saturated heterocycles. The quantitative estimate of drug-likeness (QED) is 0.506. The van der Waals surface area contributed by atoms with Crippen LogP contribution in [0, 0.1) is 5.82 Å². The minimum Gasteiger partial charge on any atom is -0.462 e. The molecule has 1 aromatic heterocycles. The molecule has 3 rings (SSSR count). The molecule has 0 aliphatic rings. The molecule has 0 fully saturated rings. The van der Waals surface area contributed by atoms with E-state index in [2.05, 4.69) is 10.4 Å². The average Bonchev–Trinajstić information content (AvgIpc) is 3.08. The summed E-state index contributed by atoms with van der Waals surface area (Å²) in [6, 6.07) is 12.5. The molecule has 2 aromatic carbocycles. The highest BCUT2D eigenvalue weighted by Gasteiger charge is 2.10. The lowest BCUT2D eigenvalue weighted by atomic mass is 10.1. The van der Waals surface area contributed by atoms with Crippen molar-refractivity contribution >= 4 is 23.6 Å². The fourth-order valence-electron chi connectivity index (χ4n) is 2.79. The number of anilines is 1. The third-order valence-electron chi connectivity index (χ3n) is 4.16. The van der Waals surface area contributed by atoms with Crippen LogP contribution in [-0.4, -0.2) is 28.3 Å². The number of hydrogen-bond acceptors (Lipinski definition) is 4. The van der Waals surface area contributed by atoms with Crippen molar-refractivity contribution in [2.75, 3.05) is 11.9 Å². The van der Waals surface area contributed by atoms with Gasteiger partial charge in [0.2, 0.25) is 5.91 Å². The van der Waals surface area contributed by atoms with Gasteiger partial charge in [0.05, 0.1) is 24.1 Å². The standard InChI is InChI=1S/C22H20FN3O3/c1-3-29-22(28)16-6-11-19(12-7-16)25-20(27)13-8-17-14-24-26(2)21(17)15-4-9-18(23)10-5-15/h4-14H,3H2,1-2H3,(H,25,27). The van der Waals surface area contributed by atoms with Crippen LogP contribution in [0.25, 0.3) is 17.3 Å². The maximum Gasteiger partial charge on any atom is 0.338 e. The van der Waals surface area contributed by atoms with Gasteiger partial charge in [-0.05, 0) is 61.5 Å². The number of aryl methyl sites for hydroxylation is 1. The first-order valence-corrected chi connectivity index (χ1v) is 9.02. The van der Waals surface area contributed by atoms with Gasteiger partial charge in [-0.1, -0.05) is 0 Å². The first-order chi connectivity index (χ1) is 14.0. The van der Waals surface area contributed by atoms with Crippen LogP contribution in [0.2, 0.25) is 0 Å². The van der Waals surface area contributed by atoms with Crippen LogP contribution in [-0.2, 0) is 16.6 Å². The molecule has 0 radical (unpaired) electrons. The fraction of sp³-hybridized carbons (Fsp3) is 0.136. The second kappa shape index (κ2) is 8.97. The molecule has 0 aliphatic carbocycles. The first kappa shape index (κ1) is 20.0. The van der Waals surface area contributed by atoms with Gasteiger partial charge >= 0.3 is 5.97 Å². The molecule has 29 heavy (non-hydrogen) atoms. The highest BCUT2D eigenvalue weighted by molar-refractivity contribution is 6.02. The molecule has 0 unspecified atom stereocenters. The monoisotopic (exact) mass is 393 g/mol. The maximum atomic E-state index is 13.2. The van der Waals surface area contributed by atoms with E-state index in [9.17, 15) is 14.0 Å². The highest BCUT2D eigenvalue weighted by Crippen LogP contribution is 2.24. The van der Waals surface area contributed by atoms with Gasteiger partial charge < -0.3 is 10.1 Å². The number of benzene rings is 2. The molecule has 3 aromatic rings. The number of esters is 1. The van der Waals surface area contributed by atoms with Crippen LogP contribution < -0.4 is 5.32 Å². The van der Waals surface area contributed by atoms with Gasteiger partial charge in [0.25, 0.3) is 0 Å². The predicted molar refractivity (Wildman–Crippen MR) is 109 cm³/mol. The first-order valence-electron chi connectivity index (χ1n) is 9.02. The second-order valence-corrected chi connectivity index (χ2v) is 6.20. The van der Waals surface area contributed by atoms with Crippen molar-refractivity contribution in [2.24, 2.45) is 7.05 Å². The third kappa shape index (κ3) is 4.95. The molecular weight excluding hydrogens is 373 g/mol. The Kier molecular flexibility index (Phi) is 6.19. The molecular formula is C22H20FN3O3. The number of hydrogen-bond donors (Lipinski definition) is 1. The summed E-state index contributed by atoms with van der Waals surface area (Å²) in [7, 11) is 1.78. The van der Waals surface area contributed by atoms with Gasteiger partial charge in [0.1, 0.15) is 5.82 Å². The highest BCUT2D eigenvalue weighted by atomic mass is 19.1. The molecule has 0 saturated carbocycles. The fourth-order valence-corrected chi connectivity index (χ4v) is 2.79. The average molecular weight is 393 g/mol. The van der Waals surface area contributed by atoms with E-state index in [4.69, 9.17) is 4.74 Å². The Morgan fingerprint density at radius 2 is 1.83 bits per heavy atom. The summed E-state index contributed by atoms with van der Waals surface area (Å²) in [5, 5.41) is 6.94. The molecule has 1 heterocycles. The second-order valence-electron chi connectivity index (χ2n) is 6.20. The summed E-state index contributed by atoms with van der Waals surface area (Å²) in [5.74, 6) is -1.06. The molecule has 0 spiro atoms. The smallest absolute Gasteiger partial charge is 0.338 e. The van der Waals surface area contributed by atoms with Crippen molar-refractivity contribution in [3.8, 4) is 11.3 Å². The Morgan fingerprint density at radius 3 is 2.48 bits per heavy atom. The van der Waals surface area contributed by atoms with Crippen LogP contribution in [0.5, 0.6) is 0 Å². The van der Waals surface area contributed by atoms with Crippen molar-refractivity contribution in [1.82, 2.24) is 9.78 Å². The van der Waals surface area contributed by atoms with E-state index in [1.54, 1.807) is 67.3 Å². The van der Waals surface area contributed by atoms with E-state index < -0.39 is 5.97 Å². The Bertz CT molecular complexity index is 1040. The van der Waals surface area contributed by atoms with Crippen molar-refractivity contribution in [3.05, 3.63) is 77.7 Å². The number of rotatable bonds is 6. The van der Waals surface area contributed by atoms with Crippen LogP contribution in [0.1, 0.15) is 22.8 Å². The largest absolute Gasteiger partial charge is 0.462 e. The number of nitrogens with one attached hydrogen (secondary N) is 1. The van der Waals surface area contributed by atoms with Gasteiger partial charge in [0.15, 0.2) is 0 Å². The van der Waals surface area contributed by atoms with Crippen LogP contribution in [0.15, 0.2) is 60.8 Å². The SMILES string of the molecule is CCOC(=O)c1ccc(NC(=O)C=Cc2cnn(C)c2-c2ccc(F)cc2)cc1. The lowest BCUT2D eigenvalue weighted by molar-refractivity contribution is -0.111. The lowest BCUT2D eigenvalue weighted by Crippen LogP contribution is -2.09. The molecule has 6 nitrogen and oxygen atoms in total. The molecule has 0 bridgehead atoms. The van der Waals surface area contributed by atoms with Gasteiger partial charge in [0, 0.05) is 29.9 Å². The van der Waals surface area contributed by atoms with Gasteiger partial charge in [-0.2, -0.15) is 5.10 Å².